The van der Waals surface area contributed by atoms with E-state index in [2.05, 4.69) is 5.32 Å². The third-order valence-electron chi connectivity index (χ3n) is 3.49. The summed E-state index contributed by atoms with van der Waals surface area (Å²) in [5.41, 5.74) is 0.818. The first-order valence-electron chi connectivity index (χ1n) is 7.43. The van der Waals surface area contributed by atoms with Crippen LogP contribution in [0.1, 0.15) is 31.4 Å². The predicted molar refractivity (Wildman–Crippen MR) is 79.6 cm³/mol. The molecule has 5 heteroatoms. The lowest BCUT2D eigenvalue weighted by atomic mass is 10.0. The van der Waals surface area contributed by atoms with Crippen LogP contribution in [0.15, 0.2) is 30.3 Å². The zero-order chi connectivity index (χ0) is 15.1. The van der Waals surface area contributed by atoms with Gasteiger partial charge in [0.2, 0.25) is 11.8 Å². The Balaban J connectivity index is 2.14. The van der Waals surface area contributed by atoms with E-state index in [9.17, 15) is 9.59 Å². The molecule has 114 valence electrons. The topological polar surface area (TPSA) is 58.6 Å². The van der Waals surface area contributed by atoms with Crippen molar-refractivity contribution in [1.29, 1.82) is 0 Å². The number of morpholine rings is 1. The Hall–Kier alpha value is -1.88. The summed E-state index contributed by atoms with van der Waals surface area (Å²) in [4.78, 5) is 26.4. The molecule has 1 aromatic carbocycles. The summed E-state index contributed by atoms with van der Waals surface area (Å²) in [6, 6.07) is 8.78. The van der Waals surface area contributed by atoms with E-state index < -0.39 is 6.04 Å². The highest BCUT2D eigenvalue weighted by Crippen LogP contribution is 2.17. The molecule has 2 amide bonds. The second-order valence-corrected chi connectivity index (χ2v) is 5.10. The van der Waals surface area contributed by atoms with Crippen LogP contribution in [0.2, 0.25) is 0 Å². The molecule has 1 aliphatic heterocycles. The molecule has 1 heterocycles. The van der Waals surface area contributed by atoms with Crippen molar-refractivity contribution in [3.63, 3.8) is 0 Å². The summed E-state index contributed by atoms with van der Waals surface area (Å²) in [5, 5.41) is 2.86. The fraction of sp³-hybridized carbons (Fsp3) is 0.500. The number of benzene rings is 1. The summed E-state index contributed by atoms with van der Waals surface area (Å²) in [6.45, 7) is 4.20. The van der Waals surface area contributed by atoms with Gasteiger partial charge in [0.1, 0.15) is 6.04 Å². The van der Waals surface area contributed by atoms with Crippen LogP contribution in [0, 0.1) is 0 Å². The van der Waals surface area contributed by atoms with Gasteiger partial charge in [0.25, 0.3) is 0 Å². The van der Waals surface area contributed by atoms with Gasteiger partial charge in [0, 0.05) is 19.5 Å². The van der Waals surface area contributed by atoms with Crippen molar-refractivity contribution in [3.8, 4) is 0 Å². The maximum Gasteiger partial charge on any atom is 0.249 e. The van der Waals surface area contributed by atoms with E-state index in [0.717, 1.165) is 12.0 Å². The number of hydrogen-bond donors (Lipinski definition) is 1. The summed E-state index contributed by atoms with van der Waals surface area (Å²) < 4.78 is 5.27. The van der Waals surface area contributed by atoms with E-state index in [1.54, 1.807) is 4.90 Å². The molecule has 0 radical (unpaired) electrons. The lowest BCUT2D eigenvalue weighted by Crippen LogP contribution is -2.47. The van der Waals surface area contributed by atoms with E-state index in [1.165, 1.54) is 0 Å². The zero-order valence-corrected chi connectivity index (χ0v) is 12.4. The van der Waals surface area contributed by atoms with Crippen molar-refractivity contribution in [2.75, 3.05) is 26.3 Å². The van der Waals surface area contributed by atoms with Crippen molar-refractivity contribution >= 4 is 11.8 Å². The van der Waals surface area contributed by atoms with Crippen molar-refractivity contribution < 1.29 is 14.3 Å². The molecule has 0 saturated carbocycles. The van der Waals surface area contributed by atoms with Crippen LogP contribution >= 0.6 is 0 Å². The van der Waals surface area contributed by atoms with Crippen molar-refractivity contribution in [2.45, 2.75) is 25.8 Å². The van der Waals surface area contributed by atoms with Gasteiger partial charge in [-0.1, -0.05) is 37.3 Å². The first-order chi connectivity index (χ1) is 10.2. The largest absolute Gasteiger partial charge is 0.378 e. The van der Waals surface area contributed by atoms with Crippen molar-refractivity contribution in [2.24, 2.45) is 0 Å². The maximum absolute atomic E-state index is 12.7. The van der Waals surface area contributed by atoms with E-state index >= 15 is 0 Å². The number of rotatable bonds is 5. The number of nitrogens with zero attached hydrogens (tertiary/aromatic N) is 1. The van der Waals surface area contributed by atoms with Gasteiger partial charge in [-0.2, -0.15) is 0 Å². The van der Waals surface area contributed by atoms with Gasteiger partial charge < -0.3 is 15.0 Å². The molecule has 5 nitrogen and oxygen atoms in total. The fourth-order valence-corrected chi connectivity index (χ4v) is 2.36. The van der Waals surface area contributed by atoms with Gasteiger partial charge in [0.05, 0.1) is 13.2 Å². The SMILES string of the molecule is CCCC(=O)N[C@H](C(=O)N1CCOCC1)c1ccccc1. The highest BCUT2D eigenvalue weighted by atomic mass is 16.5. The summed E-state index contributed by atoms with van der Waals surface area (Å²) in [7, 11) is 0. The molecule has 21 heavy (non-hydrogen) atoms. The average Bonchev–Trinajstić information content (AvgIpc) is 2.54. The van der Waals surface area contributed by atoms with Crippen LogP contribution in [0.25, 0.3) is 0 Å². The first kappa shape index (κ1) is 15.5. The number of ether oxygens (including phenoxy) is 1. The third-order valence-corrected chi connectivity index (χ3v) is 3.49. The number of carbonyl (C=O) groups excluding carboxylic acids is 2. The average molecular weight is 290 g/mol. The van der Waals surface area contributed by atoms with Crippen LogP contribution in [-0.4, -0.2) is 43.0 Å². The minimum absolute atomic E-state index is 0.0612. The van der Waals surface area contributed by atoms with Crippen LogP contribution in [-0.2, 0) is 14.3 Å². The second kappa shape index (κ2) is 7.78. The van der Waals surface area contributed by atoms with Gasteiger partial charge in [-0.25, -0.2) is 0 Å². The van der Waals surface area contributed by atoms with Gasteiger partial charge in [-0.05, 0) is 12.0 Å². The molecule has 1 saturated heterocycles. The molecule has 1 atom stereocenters. The molecular weight excluding hydrogens is 268 g/mol. The van der Waals surface area contributed by atoms with Crippen LogP contribution in [0.3, 0.4) is 0 Å². The standard InChI is InChI=1S/C16H22N2O3/c1-2-6-14(19)17-15(13-7-4-3-5-8-13)16(20)18-9-11-21-12-10-18/h3-5,7-8,15H,2,6,9-12H2,1H3,(H,17,19)/t15-/m0/s1. The lowest BCUT2D eigenvalue weighted by molar-refractivity contribution is -0.140. The van der Waals surface area contributed by atoms with Crippen molar-refractivity contribution in [1.82, 2.24) is 10.2 Å². The van der Waals surface area contributed by atoms with Crippen LogP contribution in [0.4, 0.5) is 0 Å². The summed E-state index contributed by atoms with van der Waals surface area (Å²) in [5.74, 6) is -0.151. The van der Waals surface area contributed by atoms with E-state index in [1.807, 2.05) is 37.3 Å². The van der Waals surface area contributed by atoms with Crippen molar-refractivity contribution in [3.05, 3.63) is 35.9 Å². The first-order valence-corrected chi connectivity index (χ1v) is 7.43. The fourth-order valence-electron chi connectivity index (χ4n) is 2.36. The number of amides is 2. The predicted octanol–water partition coefficient (Wildman–Crippen LogP) is 1.50. The normalized spacial score (nSPS) is 16.3. The van der Waals surface area contributed by atoms with Crippen LogP contribution in [0.5, 0.6) is 0 Å². The molecule has 1 aromatic rings. The third kappa shape index (κ3) is 4.29. The molecule has 1 aliphatic rings. The Morgan fingerprint density at radius 2 is 1.90 bits per heavy atom. The Kier molecular flexibility index (Phi) is 5.75. The van der Waals surface area contributed by atoms with E-state index in [-0.39, 0.29) is 11.8 Å². The minimum Gasteiger partial charge on any atom is -0.378 e. The molecule has 0 aliphatic carbocycles. The molecule has 0 unspecified atom stereocenters. The smallest absolute Gasteiger partial charge is 0.249 e. The molecule has 1 N–H and O–H groups in total. The molecule has 2 rings (SSSR count). The summed E-state index contributed by atoms with van der Waals surface area (Å²) in [6.07, 6.45) is 1.19. The quantitative estimate of drug-likeness (QED) is 0.894. The monoisotopic (exact) mass is 290 g/mol. The Morgan fingerprint density at radius 3 is 2.52 bits per heavy atom. The highest BCUT2D eigenvalue weighted by Gasteiger charge is 2.28. The molecule has 0 spiro atoms. The Labute approximate surface area is 125 Å². The number of nitrogens with one attached hydrogen (secondary N) is 1. The molecular formula is C16H22N2O3. The van der Waals surface area contributed by atoms with Gasteiger partial charge in [-0.15, -0.1) is 0 Å². The molecule has 0 bridgehead atoms. The number of hydrogen-bond acceptors (Lipinski definition) is 3. The molecule has 1 fully saturated rings. The van der Waals surface area contributed by atoms with Gasteiger partial charge >= 0.3 is 0 Å². The lowest BCUT2D eigenvalue weighted by Gasteiger charge is -2.31. The Morgan fingerprint density at radius 1 is 1.24 bits per heavy atom. The van der Waals surface area contributed by atoms with Gasteiger partial charge in [-0.3, -0.25) is 9.59 Å². The molecule has 0 aromatic heterocycles. The van der Waals surface area contributed by atoms with Gasteiger partial charge in [0.15, 0.2) is 0 Å². The van der Waals surface area contributed by atoms with E-state index in [0.29, 0.717) is 32.7 Å². The van der Waals surface area contributed by atoms with E-state index in [4.69, 9.17) is 4.74 Å². The van der Waals surface area contributed by atoms with Crippen LogP contribution < -0.4 is 5.32 Å². The summed E-state index contributed by atoms with van der Waals surface area (Å²) >= 11 is 0. The maximum atomic E-state index is 12.7. The highest BCUT2D eigenvalue weighted by molar-refractivity contribution is 5.88. The number of carbonyl (C=O) groups is 2. The second-order valence-electron chi connectivity index (χ2n) is 5.10. The minimum atomic E-state index is -0.608. The Bertz CT molecular complexity index is 470. The zero-order valence-electron chi connectivity index (χ0n) is 12.4.